The molecule has 1 aromatic rings. The maximum absolute atomic E-state index is 9.21. The Morgan fingerprint density at radius 1 is 1.46 bits per heavy atom. The summed E-state index contributed by atoms with van der Waals surface area (Å²) < 4.78 is 0. The second kappa shape index (κ2) is 3.38. The van der Waals surface area contributed by atoms with Crippen molar-refractivity contribution in [3.8, 4) is 5.75 Å². The van der Waals surface area contributed by atoms with Crippen LogP contribution < -0.4 is 5.32 Å². The number of phenolic OH excluding ortho intramolecular Hbond substituents is 1. The van der Waals surface area contributed by atoms with E-state index in [1.165, 1.54) is 18.4 Å². The van der Waals surface area contributed by atoms with Crippen molar-refractivity contribution in [3.05, 3.63) is 29.3 Å². The van der Waals surface area contributed by atoms with E-state index < -0.39 is 0 Å². The molecule has 1 aliphatic carbocycles. The van der Waals surface area contributed by atoms with Gasteiger partial charge in [0.05, 0.1) is 0 Å². The molecule has 2 N–H and O–H groups in total. The zero-order valence-corrected chi connectivity index (χ0v) is 7.88. The molecule has 0 heterocycles. The number of phenols is 1. The van der Waals surface area contributed by atoms with E-state index in [0.29, 0.717) is 5.75 Å². The molecule has 0 bridgehead atoms. The highest BCUT2D eigenvalue weighted by Crippen LogP contribution is 2.21. The molecule has 0 saturated heterocycles. The molecule has 0 aliphatic heterocycles. The molecule has 0 atom stereocenters. The second-order valence-electron chi connectivity index (χ2n) is 3.77. The molecular formula is C11H15NO. The summed E-state index contributed by atoms with van der Waals surface area (Å²) in [6.45, 7) is 2.96. The Labute approximate surface area is 78.6 Å². The molecule has 0 radical (unpaired) electrons. The van der Waals surface area contributed by atoms with E-state index in [-0.39, 0.29) is 0 Å². The van der Waals surface area contributed by atoms with Gasteiger partial charge in [0.15, 0.2) is 0 Å². The molecule has 2 heteroatoms. The lowest BCUT2D eigenvalue weighted by atomic mass is 10.1. The predicted molar refractivity (Wildman–Crippen MR) is 52.7 cm³/mol. The first-order valence-corrected chi connectivity index (χ1v) is 4.77. The maximum atomic E-state index is 9.21. The van der Waals surface area contributed by atoms with Gasteiger partial charge in [0.1, 0.15) is 5.75 Å². The Balaban J connectivity index is 2.01. The Morgan fingerprint density at radius 3 is 2.85 bits per heavy atom. The minimum Gasteiger partial charge on any atom is -0.508 e. The molecule has 0 unspecified atom stereocenters. The van der Waals surface area contributed by atoms with Gasteiger partial charge in [-0.25, -0.2) is 0 Å². The fraction of sp³-hybridized carbons (Fsp3) is 0.455. The monoisotopic (exact) mass is 177 g/mol. The lowest BCUT2D eigenvalue weighted by molar-refractivity contribution is 0.474. The normalized spacial score (nSPS) is 16.1. The Morgan fingerprint density at radius 2 is 2.23 bits per heavy atom. The van der Waals surface area contributed by atoms with Gasteiger partial charge in [0.2, 0.25) is 0 Å². The van der Waals surface area contributed by atoms with E-state index in [4.69, 9.17) is 0 Å². The zero-order chi connectivity index (χ0) is 9.26. The molecule has 1 aromatic carbocycles. The number of hydrogen-bond donors (Lipinski definition) is 2. The highest BCUT2D eigenvalue weighted by atomic mass is 16.3. The molecule has 0 aromatic heterocycles. The molecule has 0 spiro atoms. The largest absolute Gasteiger partial charge is 0.508 e. The van der Waals surface area contributed by atoms with Crippen molar-refractivity contribution in [2.75, 3.05) is 0 Å². The lowest BCUT2D eigenvalue weighted by Gasteiger charge is -2.06. The molecule has 2 nitrogen and oxygen atoms in total. The number of benzene rings is 1. The quantitative estimate of drug-likeness (QED) is 0.739. The smallest absolute Gasteiger partial charge is 0.115 e. The molecule has 0 amide bonds. The fourth-order valence-electron chi connectivity index (χ4n) is 1.42. The summed E-state index contributed by atoms with van der Waals surface area (Å²) in [6, 6.07) is 6.29. The molecular weight excluding hydrogens is 162 g/mol. The molecule has 2 rings (SSSR count). The van der Waals surface area contributed by atoms with E-state index in [1.807, 2.05) is 19.1 Å². The zero-order valence-electron chi connectivity index (χ0n) is 7.88. The van der Waals surface area contributed by atoms with Crippen molar-refractivity contribution < 1.29 is 5.11 Å². The Hall–Kier alpha value is -1.02. The summed E-state index contributed by atoms with van der Waals surface area (Å²) in [6.07, 6.45) is 2.63. The topological polar surface area (TPSA) is 32.3 Å². The van der Waals surface area contributed by atoms with Crippen molar-refractivity contribution in [1.29, 1.82) is 0 Å². The van der Waals surface area contributed by atoms with Crippen LogP contribution in [0.4, 0.5) is 0 Å². The van der Waals surface area contributed by atoms with Crippen LogP contribution in [0.3, 0.4) is 0 Å². The van der Waals surface area contributed by atoms with Crippen LogP contribution >= 0.6 is 0 Å². The summed E-state index contributed by atoms with van der Waals surface area (Å²) in [5.74, 6) is 0.354. The third kappa shape index (κ3) is 2.22. The van der Waals surface area contributed by atoms with Gasteiger partial charge in [-0.3, -0.25) is 0 Å². The minimum absolute atomic E-state index is 0.354. The molecule has 1 saturated carbocycles. The highest BCUT2D eigenvalue weighted by molar-refractivity contribution is 5.33. The van der Waals surface area contributed by atoms with Gasteiger partial charge in [-0.1, -0.05) is 6.07 Å². The van der Waals surface area contributed by atoms with Crippen molar-refractivity contribution in [2.24, 2.45) is 0 Å². The summed E-state index contributed by atoms with van der Waals surface area (Å²) in [5, 5.41) is 12.7. The molecule has 13 heavy (non-hydrogen) atoms. The van der Waals surface area contributed by atoms with Crippen LogP contribution in [0, 0.1) is 6.92 Å². The van der Waals surface area contributed by atoms with Gasteiger partial charge >= 0.3 is 0 Å². The Bertz CT molecular complexity index is 305. The van der Waals surface area contributed by atoms with E-state index >= 15 is 0 Å². The summed E-state index contributed by atoms with van der Waals surface area (Å²) in [5.41, 5.74) is 2.44. The van der Waals surface area contributed by atoms with E-state index in [1.54, 1.807) is 6.07 Å². The van der Waals surface area contributed by atoms with Crippen LogP contribution in [-0.2, 0) is 6.54 Å². The minimum atomic E-state index is 0.354. The third-order valence-corrected chi connectivity index (χ3v) is 2.48. The highest BCUT2D eigenvalue weighted by Gasteiger charge is 2.20. The number of aromatic hydroxyl groups is 1. The standard InChI is InChI=1S/C11H15NO/c1-8-6-11(13)5-2-9(8)7-12-10-3-4-10/h2,5-6,10,12-13H,3-4,7H2,1H3. The molecule has 70 valence electrons. The Kier molecular flexibility index (Phi) is 2.23. The number of nitrogens with one attached hydrogen (secondary N) is 1. The van der Waals surface area contributed by atoms with E-state index in [0.717, 1.165) is 18.2 Å². The fourth-order valence-corrected chi connectivity index (χ4v) is 1.42. The van der Waals surface area contributed by atoms with Crippen molar-refractivity contribution in [3.63, 3.8) is 0 Å². The second-order valence-corrected chi connectivity index (χ2v) is 3.77. The number of rotatable bonds is 3. The first kappa shape index (κ1) is 8.57. The van der Waals surface area contributed by atoms with Gasteiger partial charge in [-0.2, -0.15) is 0 Å². The van der Waals surface area contributed by atoms with Crippen LogP contribution in [-0.4, -0.2) is 11.1 Å². The van der Waals surface area contributed by atoms with Crippen molar-refractivity contribution in [1.82, 2.24) is 5.32 Å². The van der Waals surface area contributed by atoms with E-state index in [9.17, 15) is 5.11 Å². The van der Waals surface area contributed by atoms with E-state index in [2.05, 4.69) is 5.32 Å². The first-order chi connectivity index (χ1) is 6.25. The van der Waals surface area contributed by atoms with Crippen LogP contribution in [0.15, 0.2) is 18.2 Å². The van der Waals surface area contributed by atoms with Gasteiger partial charge in [-0.05, 0) is 43.0 Å². The average molecular weight is 177 g/mol. The molecule has 1 aliphatic rings. The van der Waals surface area contributed by atoms with Gasteiger partial charge in [0.25, 0.3) is 0 Å². The van der Waals surface area contributed by atoms with Crippen LogP contribution in [0.1, 0.15) is 24.0 Å². The summed E-state index contributed by atoms with van der Waals surface area (Å²) in [4.78, 5) is 0. The van der Waals surface area contributed by atoms with Gasteiger partial charge in [0, 0.05) is 12.6 Å². The van der Waals surface area contributed by atoms with Crippen LogP contribution in [0.25, 0.3) is 0 Å². The van der Waals surface area contributed by atoms with Gasteiger partial charge < -0.3 is 10.4 Å². The maximum Gasteiger partial charge on any atom is 0.115 e. The van der Waals surface area contributed by atoms with Crippen LogP contribution in [0.2, 0.25) is 0 Å². The summed E-state index contributed by atoms with van der Waals surface area (Å²) >= 11 is 0. The van der Waals surface area contributed by atoms with Crippen molar-refractivity contribution in [2.45, 2.75) is 32.4 Å². The first-order valence-electron chi connectivity index (χ1n) is 4.77. The molecule has 1 fully saturated rings. The van der Waals surface area contributed by atoms with Gasteiger partial charge in [-0.15, -0.1) is 0 Å². The number of aryl methyl sites for hydroxylation is 1. The van der Waals surface area contributed by atoms with Crippen LogP contribution in [0.5, 0.6) is 5.75 Å². The average Bonchev–Trinajstić information content (AvgIpc) is 2.86. The SMILES string of the molecule is Cc1cc(O)ccc1CNC1CC1. The number of hydrogen-bond acceptors (Lipinski definition) is 2. The lowest BCUT2D eigenvalue weighted by Crippen LogP contribution is -2.15. The predicted octanol–water partition coefficient (Wildman–Crippen LogP) is 1.95. The third-order valence-electron chi connectivity index (χ3n) is 2.48. The van der Waals surface area contributed by atoms with Crippen molar-refractivity contribution >= 4 is 0 Å². The summed E-state index contributed by atoms with van der Waals surface area (Å²) in [7, 11) is 0.